The first-order valence-electron chi connectivity index (χ1n) is 10.1. The first-order valence-corrected chi connectivity index (χ1v) is 11.6. The van der Waals surface area contributed by atoms with Crippen molar-refractivity contribution in [2.24, 2.45) is 0 Å². The van der Waals surface area contributed by atoms with E-state index in [4.69, 9.17) is 14.2 Å². The number of hydrogen-bond donors (Lipinski definition) is 1. The Morgan fingerprint density at radius 3 is 2.12 bits per heavy atom. The van der Waals surface area contributed by atoms with Gasteiger partial charge in [0.15, 0.2) is 6.10 Å². The summed E-state index contributed by atoms with van der Waals surface area (Å²) in [5.74, 6) is -1.71. The number of ether oxygens (including phenoxy) is 3. The van der Waals surface area contributed by atoms with Gasteiger partial charge in [-0.05, 0) is 25.1 Å². The van der Waals surface area contributed by atoms with E-state index in [9.17, 15) is 22.4 Å². The summed E-state index contributed by atoms with van der Waals surface area (Å²) in [4.78, 5) is 24.4. The Bertz CT molecular complexity index is 1100. The molecule has 180 valence electrons. The third-order valence-electron chi connectivity index (χ3n) is 4.76. The Morgan fingerprint density at radius 1 is 1.03 bits per heavy atom. The average molecular weight is 483 g/mol. The molecule has 33 heavy (non-hydrogen) atoms. The molecule has 2 aromatic rings. The summed E-state index contributed by atoms with van der Waals surface area (Å²) in [5.41, 5.74) is 0.151. The van der Waals surface area contributed by atoms with Crippen LogP contribution in [0.1, 0.15) is 31.1 Å². The highest BCUT2D eigenvalue weighted by atomic mass is 32.2. The largest absolute Gasteiger partial charge is 0.497 e. The summed E-state index contributed by atoms with van der Waals surface area (Å²) in [5, 5.41) is 2.58. The maximum absolute atomic E-state index is 14.3. The maximum Gasteiger partial charge on any atom is 0.338 e. The van der Waals surface area contributed by atoms with Crippen molar-refractivity contribution in [3.8, 4) is 11.5 Å². The zero-order valence-corrected chi connectivity index (χ0v) is 19.9. The number of carbonyl (C=O) groups is 2. The van der Waals surface area contributed by atoms with Crippen molar-refractivity contribution < 1.29 is 36.6 Å². The lowest BCUT2D eigenvalue weighted by molar-refractivity contribution is -0.123. The van der Waals surface area contributed by atoms with Crippen LogP contribution in [-0.2, 0) is 19.6 Å². The number of carbonyl (C=O) groups excluding carboxylic acids is 2. The quantitative estimate of drug-likeness (QED) is 0.518. The number of anilines is 1. The van der Waals surface area contributed by atoms with E-state index in [1.165, 1.54) is 21.1 Å². The lowest BCUT2D eigenvalue weighted by atomic mass is 10.2. The minimum absolute atomic E-state index is 0.138. The second-order valence-corrected chi connectivity index (χ2v) is 8.78. The molecule has 2 aromatic carbocycles. The highest BCUT2D eigenvalue weighted by Gasteiger charge is 2.27. The van der Waals surface area contributed by atoms with E-state index in [1.807, 2.05) is 0 Å². The number of sulfonamides is 1. The molecule has 0 radical (unpaired) electrons. The number of hydrogen-bond acceptors (Lipinski definition) is 7. The topological polar surface area (TPSA) is 111 Å². The highest BCUT2D eigenvalue weighted by molar-refractivity contribution is 7.89. The van der Waals surface area contributed by atoms with E-state index >= 15 is 0 Å². The summed E-state index contributed by atoms with van der Waals surface area (Å²) in [6.45, 7) is 4.87. The third-order valence-corrected chi connectivity index (χ3v) is 6.83. The van der Waals surface area contributed by atoms with Crippen molar-refractivity contribution in [1.82, 2.24) is 4.31 Å². The monoisotopic (exact) mass is 482 g/mol. The Hall–Kier alpha value is -3.18. The molecular weight excluding hydrogens is 455 g/mol. The number of halogens is 1. The summed E-state index contributed by atoms with van der Waals surface area (Å²) in [6, 6.07) is 7.61. The zero-order valence-electron chi connectivity index (χ0n) is 19.0. The molecule has 0 bridgehead atoms. The number of nitrogens with zero attached hydrogens (tertiary/aromatic N) is 1. The molecule has 1 unspecified atom stereocenters. The maximum atomic E-state index is 14.3. The van der Waals surface area contributed by atoms with Gasteiger partial charge in [0.1, 0.15) is 22.2 Å². The van der Waals surface area contributed by atoms with Gasteiger partial charge in [0.05, 0.1) is 19.8 Å². The molecule has 11 heteroatoms. The smallest absolute Gasteiger partial charge is 0.338 e. The van der Waals surface area contributed by atoms with Gasteiger partial charge >= 0.3 is 5.97 Å². The second-order valence-electron chi connectivity index (χ2n) is 6.87. The van der Waals surface area contributed by atoms with E-state index in [0.717, 1.165) is 22.5 Å². The van der Waals surface area contributed by atoms with Crippen molar-refractivity contribution in [2.75, 3.05) is 32.6 Å². The van der Waals surface area contributed by atoms with Crippen molar-refractivity contribution in [1.29, 1.82) is 0 Å². The van der Waals surface area contributed by atoms with Crippen LogP contribution in [0.3, 0.4) is 0 Å². The Morgan fingerprint density at radius 2 is 1.61 bits per heavy atom. The molecule has 0 spiro atoms. The predicted octanol–water partition coefficient (Wildman–Crippen LogP) is 3.06. The molecule has 0 fully saturated rings. The van der Waals surface area contributed by atoms with Crippen LogP contribution in [0, 0.1) is 5.82 Å². The first kappa shape index (κ1) is 26.1. The fraction of sp³-hybridized carbons (Fsp3) is 0.364. The van der Waals surface area contributed by atoms with Gasteiger partial charge in [0.2, 0.25) is 10.0 Å². The Labute approximate surface area is 192 Å². The molecule has 1 atom stereocenters. The number of benzene rings is 2. The van der Waals surface area contributed by atoms with Crippen LogP contribution in [0.4, 0.5) is 10.1 Å². The van der Waals surface area contributed by atoms with Gasteiger partial charge < -0.3 is 19.5 Å². The van der Waals surface area contributed by atoms with Crippen LogP contribution in [0.25, 0.3) is 0 Å². The van der Waals surface area contributed by atoms with E-state index < -0.39 is 38.7 Å². The van der Waals surface area contributed by atoms with Gasteiger partial charge in [-0.15, -0.1) is 0 Å². The van der Waals surface area contributed by atoms with E-state index in [2.05, 4.69) is 5.32 Å². The highest BCUT2D eigenvalue weighted by Crippen LogP contribution is 2.26. The third kappa shape index (κ3) is 6.20. The lowest BCUT2D eigenvalue weighted by Gasteiger charge is -2.19. The molecule has 0 aliphatic carbocycles. The number of amides is 1. The Balaban J connectivity index is 2.19. The molecule has 1 amide bonds. The van der Waals surface area contributed by atoms with E-state index in [-0.39, 0.29) is 18.7 Å². The molecule has 0 saturated heterocycles. The van der Waals surface area contributed by atoms with Crippen molar-refractivity contribution >= 4 is 27.6 Å². The summed E-state index contributed by atoms with van der Waals surface area (Å²) in [7, 11) is -1.22. The van der Waals surface area contributed by atoms with E-state index in [0.29, 0.717) is 17.2 Å². The minimum atomic E-state index is -4.14. The van der Waals surface area contributed by atoms with Crippen molar-refractivity contribution in [3.05, 3.63) is 47.8 Å². The van der Waals surface area contributed by atoms with Crippen LogP contribution in [0.2, 0.25) is 0 Å². The predicted molar refractivity (Wildman–Crippen MR) is 120 cm³/mol. The molecule has 1 N–H and O–H groups in total. The summed E-state index contributed by atoms with van der Waals surface area (Å²) < 4.78 is 56.1. The molecule has 9 nitrogen and oxygen atoms in total. The number of rotatable bonds is 10. The average Bonchev–Trinajstić information content (AvgIpc) is 2.79. The number of nitrogens with one attached hydrogen (secondary N) is 1. The molecule has 0 heterocycles. The SMILES string of the molecule is CCN(CC)S(=O)(=O)c1cc(C(=O)OC(C)C(=O)Nc2cc(OC)cc(OC)c2)ccc1F. The standard InChI is InChI=1S/C22H27FN2O7S/c1-6-25(7-2)33(28,29)20-10-15(8-9-19(20)23)22(27)32-14(3)21(26)24-16-11-17(30-4)13-18(12-16)31-5/h8-14H,6-7H2,1-5H3,(H,24,26). The van der Waals surface area contributed by atoms with Crippen molar-refractivity contribution in [3.63, 3.8) is 0 Å². The van der Waals surface area contributed by atoms with Gasteiger partial charge in [0, 0.05) is 37.0 Å². The van der Waals surface area contributed by atoms with Crippen LogP contribution >= 0.6 is 0 Å². The molecule has 2 rings (SSSR count). The Kier molecular flexibility index (Phi) is 8.77. The van der Waals surface area contributed by atoms with Crippen LogP contribution in [0.15, 0.2) is 41.3 Å². The van der Waals surface area contributed by atoms with Crippen molar-refractivity contribution in [2.45, 2.75) is 31.8 Å². The van der Waals surface area contributed by atoms with Gasteiger partial charge in [0.25, 0.3) is 5.91 Å². The first-order chi connectivity index (χ1) is 15.6. The van der Waals surface area contributed by atoms with Crippen LogP contribution < -0.4 is 14.8 Å². The molecule has 0 aromatic heterocycles. The normalized spacial score (nSPS) is 12.2. The van der Waals surface area contributed by atoms with Crippen LogP contribution in [0.5, 0.6) is 11.5 Å². The minimum Gasteiger partial charge on any atom is -0.497 e. The molecule has 0 aliphatic heterocycles. The zero-order chi connectivity index (χ0) is 24.8. The molecule has 0 aliphatic rings. The lowest BCUT2D eigenvalue weighted by Crippen LogP contribution is -2.32. The summed E-state index contributed by atoms with van der Waals surface area (Å²) in [6.07, 6.45) is -1.23. The fourth-order valence-corrected chi connectivity index (χ4v) is 4.48. The van der Waals surface area contributed by atoms with Gasteiger partial charge in [-0.25, -0.2) is 17.6 Å². The number of esters is 1. The van der Waals surface area contributed by atoms with Crippen LogP contribution in [-0.4, -0.2) is 58.0 Å². The fourth-order valence-electron chi connectivity index (χ4n) is 2.94. The van der Waals surface area contributed by atoms with Gasteiger partial charge in [-0.1, -0.05) is 13.8 Å². The molecular formula is C22H27FN2O7S. The van der Waals surface area contributed by atoms with Gasteiger partial charge in [-0.3, -0.25) is 4.79 Å². The molecule has 0 saturated carbocycles. The number of methoxy groups -OCH3 is 2. The summed E-state index contributed by atoms with van der Waals surface area (Å²) >= 11 is 0. The van der Waals surface area contributed by atoms with E-state index in [1.54, 1.807) is 32.0 Å². The van der Waals surface area contributed by atoms with Gasteiger partial charge in [-0.2, -0.15) is 4.31 Å². The second kappa shape index (κ2) is 11.1.